The first-order valence-corrected chi connectivity index (χ1v) is 5.35. The Balaban J connectivity index is 2.59. The van der Waals surface area contributed by atoms with Crippen LogP contribution in [0.25, 0.3) is 0 Å². The Morgan fingerprint density at radius 2 is 1.81 bits per heavy atom. The van der Waals surface area contributed by atoms with E-state index in [2.05, 4.69) is 0 Å². The van der Waals surface area contributed by atoms with E-state index in [4.69, 9.17) is 16.3 Å². The molecule has 86 valence electrons. The van der Waals surface area contributed by atoms with Gasteiger partial charge in [0.25, 0.3) is 0 Å². The Bertz CT molecular complexity index is 382. The van der Waals surface area contributed by atoms with E-state index >= 15 is 0 Å². The van der Waals surface area contributed by atoms with Gasteiger partial charge in [-0.25, -0.2) is 0 Å². The highest BCUT2D eigenvalue weighted by Gasteiger charge is 2.13. The molecule has 1 aromatic rings. The summed E-state index contributed by atoms with van der Waals surface area (Å²) in [5.41, 5.74) is 0.463. The highest BCUT2D eigenvalue weighted by molar-refractivity contribution is 6.30. The van der Waals surface area contributed by atoms with Crippen LogP contribution in [0.15, 0.2) is 24.3 Å². The number of ether oxygens (including phenoxy) is 1. The van der Waals surface area contributed by atoms with Gasteiger partial charge in [-0.15, -0.1) is 0 Å². The van der Waals surface area contributed by atoms with Gasteiger partial charge < -0.3 is 4.74 Å². The lowest BCUT2D eigenvalue weighted by atomic mass is 10.1. The number of carbonyl (C=O) groups excluding carboxylic acids is 2. The average Bonchev–Trinajstić information content (AvgIpc) is 2.16. The first-order chi connectivity index (χ1) is 7.49. The second kappa shape index (κ2) is 5.66. The summed E-state index contributed by atoms with van der Waals surface area (Å²) in [5.74, 6) is -0.766. The minimum atomic E-state index is -0.505. The molecule has 1 rings (SSSR count). The summed E-state index contributed by atoms with van der Waals surface area (Å²) in [5, 5.41) is 0.557. The third-order valence-corrected chi connectivity index (χ3v) is 2.09. The fraction of sp³-hybridized carbons (Fsp3) is 0.333. The number of Topliss-reactive ketones (excluding diaryl/α,β-unsaturated/α-hetero) is 1. The molecule has 0 aromatic heterocycles. The predicted molar refractivity (Wildman–Crippen MR) is 61.6 cm³/mol. The van der Waals surface area contributed by atoms with E-state index in [1.165, 1.54) is 0 Å². The molecule has 0 aliphatic carbocycles. The molecule has 0 spiro atoms. The van der Waals surface area contributed by atoms with E-state index in [-0.39, 0.29) is 18.3 Å². The fourth-order valence-electron chi connectivity index (χ4n) is 1.17. The molecule has 1 aromatic carbocycles. The van der Waals surface area contributed by atoms with Crippen LogP contribution in [0, 0.1) is 0 Å². The molecule has 0 unspecified atom stereocenters. The van der Waals surface area contributed by atoms with Gasteiger partial charge in [-0.2, -0.15) is 0 Å². The molecule has 0 heterocycles. The number of halogens is 1. The van der Waals surface area contributed by atoms with Crippen LogP contribution in [0.3, 0.4) is 0 Å². The predicted octanol–water partition coefficient (Wildman–Crippen LogP) is 2.86. The van der Waals surface area contributed by atoms with Crippen LogP contribution in [-0.4, -0.2) is 17.9 Å². The van der Waals surface area contributed by atoms with Crippen LogP contribution >= 0.6 is 11.6 Å². The first-order valence-electron chi connectivity index (χ1n) is 4.97. The molecule has 0 aliphatic rings. The zero-order valence-electron chi connectivity index (χ0n) is 9.20. The maximum absolute atomic E-state index is 11.6. The standard InChI is InChI=1S/C12H13ClO3/c1-8(2)16-12(15)7-11(14)9-3-5-10(13)6-4-9/h3-6,8H,7H2,1-2H3. The molecule has 0 bridgehead atoms. The van der Waals surface area contributed by atoms with Crippen molar-refractivity contribution in [3.63, 3.8) is 0 Å². The lowest BCUT2D eigenvalue weighted by Crippen LogP contribution is -2.15. The Labute approximate surface area is 99.4 Å². The highest BCUT2D eigenvalue weighted by atomic mass is 35.5. The SMILES string of the molecule is CC(C)OC(=O)CC(=O)c1ccc(Cl)cc1. The van der Waals surface area contributed by atoms with Crippen LogP contribution in [0.2, 0.25) is 5.02 Å². The molecule has 0 N–H and O–H groups in total. The number of hydrogen-bond donors (Lipinski definition) is 0. The summed E-state index contributed by atoms with van der Waals surface area (Å²) >= 11 is 5.69. The molecule has 3 nitrogen and oxygen atoms in total. The van der Waals surface area contributed by atoms with Gasteiger partial charge in [-0.1, -0.05) is 11.6 Å². The number of carbonyl (C=O) groups is 2. The van der Waals surface area contributed by atoms with Crippen molar-refractivity contribution in [3.05, 3.63) is 34.9 Å². The van der Waals surface area contributed by atoms with Crippen LogP contribution in [0.5, 0.6) is 0 Å². The number of rotatable bonds is 4. The van der Waals surface area contributed by atoms with Gasteiger partial charge in [0.2, 0.25) is 0 Å². The van der Waals surface area contributed by atoms with E-state index < -0.39 is 5.97 Å². The number of benzene rings is 1. The Morgan fingerprint density at radius 3 is 2.31 bits per heavy atom. The summed E-state index contributed by atoms with van der Waals surface area (Å²) in [7, 11) is 0. The minimum Gasteiger partial charge on any atom is -0.463 e. The van der Waals surface area contributed by atoms with E-state index in [1.54, 1.807) is 38.1 Å². The summed E-state index contributed by atoms with van der Waals surface area (Å²) in [6.45, 7) is 3.48. The van der Waals surface area contributed by atoms with Gasteiger partial charge in [0.15, 0.2) is 5.78 Å². The van der Waals surface area contributed by atoms with Crippen molar-refractivity contribution in [1.82, 2.24) is 0 Å². The molecule has 16 heavy (non-hydrogen) atoms. The molecule has 0 saturated heterocycles. The second-order valence-electron chi connectivity index (χ2n) is 3.65. The molecular formula is C12H13ClO3. The van der Waals surface area contributed by atoms with E-state index in [1.807, 2.05) is 0 Å². The van der Waals surface area contributed by atoms with Crippen LogP contribution in [0.4, 0.5) is 0 Å². The maximum atomic E-state index is 11.6. The third-order valence-electron chi connectivity index (χ3n) is 1.84. The zero-order chi connectivity index (χ0) is 12.1. The van der Waals surface area contributed by atoms with Crippen molar-refractivity contribution in [2.24, 2.45) is 0 Å². The first kappa shape index (κ1) is 12.7. The lowest BCUT2D eigenvalue weighted by Gasteiger charge is -2.07. The zero-order valence-corrected chi connectivity index (χ0v) is 9.95. The van der Waals surface area contributed by atoms with Gasteiger partial charge in [-0.05, 0) is 38.1 Å². The summed E-state index contributed by atoms with van der Waals surface area (Å²) in [6, 6.07) is 6.41. The van der Waals surface area contributed by atoms with Crippen molar-refractivity contribution in [3.8, 4) is 0 Å². The van der Waals surface area contributed by atoms with Crippen LogP contribution in [0.1, 0.15) is 30.6 Å². The number of ketones is 1. The van der Waals surface area contributed by atoms with E-state index in [0.717, 1.165) is 0 Å². The van der Waals surface area contributed by atoms with E-state index in [0.29, 0.717) is 10.6 Å². The van der Waals surface area contributed by atoms with Crippen LogP contribution < -0.4 is 0 Å². The van der Waals surface area contributed by atoms with Gasteiger partial charge >= 0.3 is 5.97 Å². The molecular weight excluding hydrogens is 228 g/mol. The monoisotopic (exact) mass is 240 g/mol. The molecule has 0 amide bonds. The van der Waals surface area contributed by atoms with Crippen molar-refractivity contribution in [2.45, 2.75) is 26.4 Å². The van der Waals surface area contributed by atoms with Gasteiger partial charge in [-0.3, -0.25) is 9.59 Å². The van der Waals surface area contributed by atoms with Crippen molar-refractivity contribution in [1.29, 1.82) is 0 Å². The minimum absolute atomic E-state index is 0.203. The number of esters is 1. The third kappa shape index (κ3) is 4.03. The van der Waals surface area contributed by atoms with E-state index in [9.17, 15) is 9.59 Å². The second-order valence-corrected chi connectivity index (χ2v) is 4.08. The molecule has 0 fully saturated rings. The maximum Gasteiger partial charge on any atom is 0.313 e. The normalized spacial score (nSPS) is 10.2. The molecule has 4 heteroatoms. The molecule has 0 saturated carbocycles. The van der Waals surface area contributed by atoms with Crippen molar-refractivity contribution < 1.29 is 14.3 Å². The van der Waals surface area contributed by atoms with Gasteiger partial charge in [0.1, 0.15) is 6.42 Å². The van der Waals surface area contributed by atoms with Gasteiger partial charge in [0.05, 0.1) is 6.10 Å². The average molecular weight is 241 g/mol. The van der Waals surface area contributed by atoms with Crippen molar-refractivity contribution in [2.75, 3.05) is 0 Å². The van der Waals surface area contributed by atoms with Gasteiger partial charge in [0, 0.05) is 10.6 Å². The molecule has 0 aliphatic heterocycles. The smallest absolute Gasteiger partial charge is 0.313 e. The van der Waals surface area contributed by atoms with Crippen molar-refractivity contribution >= 4 is 23.4 Å². The highest BCUT2D eigenvalue weighted by Crippen LogP contribution is 2.11. The Hall–Kier alpha value is -1.35. The summed E-state index contributed by atoms with van der Waals surface area (Å²) < 4.78 is 4.88. The van der Waals surface area contributed by atoms with Crippen LogP contribution in [-0.2, 0) is 9.53 Å². The largest absolute Gasteiger partial charge is 0.463 e. The lowest BCUT2D eigenvalue weighted by molar-refractivity contribution is -0.146. The quantitative estimate of drug-likeness (QED) is 0.462. The Morgan fingerprint density at radius 1 is 1.25 bits per heavy atom. The topological polar surface area (TPSA) is 43.4 Å². The Kier molecular flexibility index (Phi) is 4.50. The molecule has 0 atom stereocenters. The molecule has 0 radical (unpaired) electrons. The summed E-state index contributed by atoms with van der Waals surface area (Å²) in [4.78, 5) is 22.8. The fourth-order valence-corrected chi connectivity index (χ4v) is 1.30. The number of hydrogen-bond acceptors (Lipinski definition) is 3. The summed E-state index contributed by atoms with van der Waals surface area (Å²) in [6.07, 6.45) is -0.440.